The van der Waals surface area contributed by atoms with Crippen molar-refractivity contribution in [1.82, 2.24) is 19.5 Å². The Morgan fingerprint density at radius 3 is 1.75 bits per heavy atom. The normalized spacial score (nSPS) is 12.7. The molecule has 10 aromatic rings. The van der Waals surface area contributed by atoms with Crippen LogP contribution in [0.2, 0.25) is 0 Å². The van der Waals surface area contributed by atoms with E-state index >= 15 is 0 Å². The van der Waals surface area contributed by atoms with Crippen LogP contribution in [0.5, 0.6) is 0 Å². The Morgan fingerprint density at radius 1 is 0.424 bits per heavy atom. The van der Waals surface area contributed by atoms with Crippen LogP contribution in [0.3, 0.4) is 0 Å². The van der Waals surface area contributed by atoms with Gasteiger partial charge in [-0.2, -0.15) is 9.97 Å². The lowest BCUT2D eigenvalue weighted by Gasteiger charge is -2.27. The summed E-state index contributed by atoms with van der Waals surface area (Å²) in [7, 11) is 0. The van der Waals surface area contributed by atoms with Crippen molar-refractivity contribution in [2.45, 2.75) is 19.3 Å². The summed E-state index contributed by atoms with van der Waals surface area (Å²) in [4.78, 5) is 18.3. The number of nitrogens with zero attached hydrogens (tertiary/aromatic N) is 5. The van der Waals surface area contributed by atoms with Gasteiger partial charge in [-0.1, -0.05) is 172 Å². The maximum absolute atomic E-state index is 5.41. The molecule has 0 radical (unpaired) electrons. The first-order valence-electron chi connectivity index (χ1n) is 20.1. The molecule has 0 atom stereocenters. The molecule has 0 bridgehead atoms. The Labute approximate surface area is 343 Å². The average Bonchev–Trinajstić information content (AvgIpc) is 3.76. The summed E-state index contributed by atoms with van der Waals surface area (Å²) in [5.74, 6) is 1.81. The largest absolute Gasteiger partial charge is 0.308 e. The quantitative estimate of drug-likeness (QED) is 0.162. The molecule has 8 aromatic carbocycles. The molecule has 0 saturated carbocycles. The Balaban J connectivity index is 1.16. The maximum Gasteiger partial charge on any atom is 0.238 e. The number of rotatable bonds is 7. The van der Waals surface area contributed by atoms with Crippen molar-refractivity contribution in [3.63, 3.8) is 0 Å². The third kappa shape index (κ3) is 5.73. The summed E-state index contributed by atoms with van der Waals surface area (Å²) in [6, 6.07) is 70.7. The molecule has 5 nitrogen and oxygen atoms in total. The molecule has 2 heterocycles. The number of benzene rings is 8. The maximum atomic E-state index is 5.41. The molecule has 1 aliphatic rings. The van der Waals surface area contributed by atoms with E-state index in [0.717, 1.165) is 50.0 Å². The monoisotopic (exact) mass is 757 g/mol. The van der Waals surface area contributed by atoms with Gasteiger partial charge in [0.2, 0.25) is 5.95 Å². The van der Waals surface area contributed by atoms with Crippen LogP contribution in [0, 0.1) is 0 Å². The van der Waals surface area contributed by atoms with E-state index < -0.39 is 0 Å². The van der Waals surface area contributed by atoms with E-state index in [1.807, 2.05) is 18.2 Å². The first kappa shape index (κ1) is 34.6. The van der Waals surface area contributed by atoms with Gasteiger partial charge in [-0.15, -0.1) is 0 Å². The van der Waals surface area contributed by atoms with Crippen LogP contribution in [0.1, 0.15) is 25.0 Å². The fraction of sp³-hybridized carbons (Fsp3) is 0.0556. The molecule has 5 heteroatoms. The molecule has 280 valence electrons. The lowest BCUT2D eigenvalue weighted by Crippen LogP contribution is -2.15. The van der Waals surface area contributed by atoms with Gasteiger partial charge in [0.1, 0.15) is 0 Å². The number of anilines is 3. The van der Waals surface area contributed by atoms with E-state index in [2.05, 4.69) is 205 Å². The van der Waals surface area contributed by atoms with Crippen LogP contribution in [-0.2, 0) is 5.41 Å². The topological polar surface area (TPSA) is 46.8 Å². The minimum Gasteiger partial charge on any atom is -0.308 e. The highest BCUT2D eigenvalue weighted by molar-refractivity contribution is 6.14. The van der Waals surface area contributed by atoms with Gasteiger partial charge in [-0.25, -0.2) is 4.98 Å². The van der Waals surface area contributed by atoms with Gasteiger partial charge in [0.05, 0.1) is 16.7 Å². The van der Waals surface area contributed by atoms with Crippen molar-refractivity contribution in [3.05, 3.63) is 211 Å². The van der Waals surface area contributed by atoms with Crippen LogP contribution in [0.25, 0.3) is 72.8 Å². The van der Waals surface area contributed by atoms with Gasteiger partial charge >= 0.3 is 0 Å². The molecule has 2 aromatic heterocycles. The van der Waals surface area contributed by atoms with Crippen molar-refractivity contribution < 1.29 is 0 Å². The SMILES string of the molecule is CC1(C)c2ccccc2-c2ccc(-c3nc(-c4ccccc4)nc(-n4c5ccccc5c5cccc(N(c6ccccc6)c6ccc(-c7ccccc7)cc6)c54)n3)cc21. The van der Waals surface area contributed by atoms with Crippen molar-refractivity contribution in [2.24, 2.45) is 0 Å². The van der Waals surface area contributed by atoms with E-state index in [-0.39, 0.29) is 5.41 Å². The highest BCUT2D eigenvalue weighted by Gasteiger charge is 2.35. The van der Waals surface area contributed by atoms with E-state index in [1.165, 1.54) is 33.4 Å². The van der Waals surface area contributed by atoms with Gasteiger partial charge in [-0.05, 0) is 75.8 Å². The molecule has 1 aliphatic carbocycles. The molecule has 0 unspecified atom stereocenters. The summed E-state index contributed by atoms with van der Waals surface area (Å²) in [5.41, 5.74) is 14.4. The predicted molar refractivity (Wildman–Crippen MR) is 243 cm³/mol. The Kier molecular flexibility index (Phi) is 8.09. The minimum absolute atomic E-state index is 0.165. The zero-order valence-corrected chi connectivity index (χ0v) is 32.8. The molecule has 0 N–H and O–H groups in total. The van der Waals surface area contributed by atoms with Crippen LogP contribution in [0.15, 0.2) is 200 Å². The predicted octanol–water partition coefficient (Wildman–Crippen LogP) is 13.7. The Bertz CT molecular complexity index is 3170. The van der Waals surface area contributed by atoms with Gasteiger partial charge in [-0.3, -0.25) is 4.57 Å². The van der Waals surface area contributed by atoms with Gasteiger partial charge in [0.25, 0.3) is 0 Å². The molecule has 0 spiro atoms. The summed E-state index contributed by atoms with van der Waals surface area (Å²) in [6.07, 6.45) is 0. The number of hydrogen-bond donors (Lipinski definition) is 0. The summed E-state index contributed by atoms with van der Waals surface area (Å²) >= 11 is 0. The minimum atomic E-state index is -0.165. The lowest BCUT2D eigenvalue weighted by atomic mass is 9.82. The molecule has 0 fully saturated rings. The zero-order valence-electron chi connectivity index (χ0n) is 32.8. The van der Waals surface area contributed by atoms with E-state index in [9.17, 15) is 0 Å². The van der Waals surface area contributed by atoms with Crippen molar-refractivity contribution in [1.29, 1.82) is 0 Å². The Morgan fingerprint density at radius 2 is 0.983 bits per heavy atom. The first-order valence-corrected chi connectivity index (χ1v) is 20.1. The molecular formula is C54H39N5. The standard InChI is InChI=1S/C54H39N5/c1-54(2)46-26-14-12-23-42(46)43-34-31-39(35-47(43)54)52-55-51(38-19-8-4-9-20-38)56-53(57-52)59-48-27-15-13-24-44(48)45-25-16-28-49(50(45)59)58(40-21-10-5-11-22-40)41-32-29-37(30-33-41)36-17-6-3-7-18-36/h3-35H,1-2H3. The third-order valence-electron chi connectivity index (χ3n) is 11.9. The number of fused-ring (bicyclic) bond motifs is 6. The third-order valence-corrected chi connectivity index (χ3v) is 11.9. The van der Waals surface area contributed by atoms with E-state index in [1.54, 1.807) is 0 Å². The Hall–Kier alpha value is -7.63. The van der Waals surface area contributed by atoms with Crippen LogP contribution in [0.4, 0.5) is 17.1 Å². The van der Waals surface area contributed by atoms with E-state index in [0.29, 0.717) is 17.6 Å². The molecule has 0 saturated heterocycles. The summed E-state index contributed by atoms with van der Waals surface area (Å²) in [6.45, 7) is 4.62. The lowest BCUT2D eigenvalue weighted by molar-refractivity contribution is 0.660. The second-order valence-corrected chi connectivity index (χ2v) is 15.7. The molecule has 0 amide bonds. The second-order valence-electron chi connectivity index (χ2n) is 15.7. The fourth-order valence-corrected chi connectivity index (χ4v) is 8.98. The van der Waals surface area contributed by atoms with Crippen LogP contribution >= 0.6 is 0 Å². The van der Waals surface area contributed by atoms with Crippen molar-refractivity contribution >= 4 is 38.9 Å². The molecule has 0 aliphatic heterocycles. The van der Waals surface area contributed by atoms with Gasteiger partial charge < -0.3 is 4.90 Å². The number of aromatic nitrogens is 4. The van der Waals surface area contributed by atoms with Gasteiger partial charge in [0.15, 0.2) is 11.6 Å². The number of para-hydroxylation sites is 3. The first-order chi connectivity index (χ1) is 29.0. The van der Waals surface area contributed by atoms with Crippen molar-refractivity contribution in [2.75, 3.05) is 4.90 Å². The van der Waals surface area contributed by atoms with Crippen molar-refractivity contribution in [3.8, 4) is 51.0 Å². The molecule has 59 heavy (non-hydrogen) atoms. The summed E-state index contributed by atoms with van der Waals surface area (Å²) < 4.78 is 2.24. The van der Waals surface area contributed by atoms with Crippen LogP contribution < -0.4 is 4.90 Å². The molecular weight excluding hydrogens is 719 g/mol. The smallest absolute Gasteiger partial charge is 0.238 e. The average molecular weight is 758 g/mol. The fourth-order valence-electron chi connectivity index (χ4n) is 8.98. The van der Waals surface area contributed by atoms with E-state index in [4.69, 9.17) is 15.0 Å². The number of hydrogen-bond acceptors (Lipinski definition) is 4. The zero-order chi connectivity index (χ0) is 39.5. The molecule has 11 rings (SSSR count). The summed E-state index contributed by atoms with van der Waals surface area (Å²) in [5, 5.41) is 2.23. The second kappa shape index (κ2) is 13.8. The van der Waals surface area contributed by atoms with Gasteiger partial charge in [0, 0.05) is 38.7 Å². The highest BCUT2D eigenvalue weighted by atomic mass is 15.2. The highest BCUT2D eigenvalue weighted by Crippen LogP contribution is 2.50. The van der Waals surface area contributed by atoms with Crippen LogP contribution in [-0.4, -0.2) is 19.5 Å².